The molecule has 0 aliphatic heterocycles. The second-order valence-corrected chi connectivity index (χ2v) is 3.36. The summed E-state index contributed by atoms with van der Waals surface area (Å²) < 4.78 is 5.04. The van der Waals surface area contributed by atoms with Crippen LogP contribution in [-0.4, -0.2) is 29.0 Å². The van der Waals surface area contributed by atoms with E-state index in [0.29, 0.717) is 24.7 Å². The van der Waals surface area contributed by atoms with E-state index < -0.39 is 0 Å². The number of hydrogen-bond donors (Lipinski definition) is 0. The molecule has 1 heterocycles. The number of ketones is 1. The fraction of sp³-hybridized carbons (Fsp3) is 0.700. The number of carbonyl (C=O) groups excluding carboxylic acids is 1. The average molecular weight is 211 g/mol. The van der Waals surface area contributed by atoms with E-state index in [-0.39, 0.29) is 5.78 Å². The minimum absolute atomic E-state index is 0.137. The molecular weight excluding hydrogens is 194 g/mol. The minimum atomic E-state index is 0.137. The number of anilines is 1. The van der Waals surface area contributed by atoms with Gasteiger partial charge < -0.3 is 14.2 Å². The Bertz CT molecular complexity index is 318. The van der Waals surface area contributed by atoms with Crippen LogP contribution in [0.2, 0.25) is 0 Å². The predicted octanol–water partition coefficient (Wildman–Crippen LogP) is 1.44. The molecule has 0 fully saturated rings. The molecule has 0 saturated carbocycles. The number of aryl methyl sites for hydroxylation is 1. The molecule has 0 amide bonds. The molecule has 1 aromatic rings. The highest BCUT2D eigenvalue weighted by molar-refractivity contribution is 5.75. The summed E-state index contributed by atoms with van der Waals surface area (Å²) in [6.45, 7) is 7.33. The van der Waals surface area contributed by atoms with E-state index in [4.69, 9.17) is 4.52 Å². The van der Waals surface area contributed by atoms with E-state index in [0.717, 1.165) is 13.1 Å². The molecule has 0 aliphatic rings. The summed E-state index contributed by atoms with van der Waals surface area (Å²) in [4.78, 5) is 17.0. The third-order valence-electron chi connectivity index (χ3n) is 2.19. The van der Waals surface area contributed by atoms with Crippen molar-refractivity contribution in [2.75, 3.05) is 18.0 Å². The van der Waals surface area contributed by atoms with Gasteiger partial charge in [0.05, 0.1) is 0 Å². The summed E-state index contributed by atoms with van der Waals surface area (Å²) in [6, 6.07) is 0. The molecule has 0 aliphatic carbocycles. The van der Waals surface area contributed by atoms with Gasteiger partial charge in [0, 0.05) is 25.9 Å². The average Bonchev–Trinajstić information content (AvgIpc) is 2.65. The van der Waals surface area contributed by atoms with Gasteiger partial charge in [0.2, 0.25) is 5.89 Å². The third kappa shape index (κ3) is 3.34. The maximum Gasteiger partial charge on any atom is 0.266 e. The molecular formula is C10H17N3O2. The molecule has 5 nitrogen and oxygen atoms in total. The highest BCUT2D eigenvalue weighted by Gasteiger charge is 2.11. The van der Waals surface area contributed by atoms with Crippen LogP contribution in [0, 0.1) is 0 Å². The van der Waals surface area contributed by atoms with Crippen LogP contribution in [-0.2, 0) is 11.2 Å². The normalized spacial score (nSPS) is 10.3. The van der Waals surface area contributed by atoms with Crippen molar-refractivity contribution in [2.45, 2.75) is 33.6 Å². The molecule has 0 spiro atoms. The lowest BCUT2D eigenvalue weighted by Crippen LogP contribution is -2.22. The fourth-order valence-corrected chi connectivity index (χ4v) is 1.27. The molecule has 84 valence electrons. The smallest absolute Gasteiger partial charge is 0.266 e. The summed E-state index contributed by atoms with van der Waals surface area (Å²) in [7, 11) is 0. The molecule has 1 rings (SSSR count). The zero-order chi connectivity index (χ0) is 11.3. The first-order valence-electron chi connectivity index (χ1n) is 5.24. The number of rotatable bonds is 6. The van der Waals surface area contributed by atoms with E-state index in [9.17, 15) is 4.79 Å². The molecule has 0 N–H and O–H groups in total. The van der Waals surface area contributed by atoms with E-state index in [1.165, 1.54) is 0 Å². The molecule has 0 radical (unpaired) electrons. The monoisotopic (exact) mass is 211 g/mol. The largest absolute Gasteiger partial charge is 0.339 e. The van der Waals surface area contributed by atoms with Crippen molar-refractivity contribution in [2.24, 2.45) is 0 Å². The second-order valence-electron chi connectivity index (χ2n) is 3.36. The lowest BCUT2D eigenvalue weighted by molar-refractivity contribution is -0.117. The summed E-state index contributed by atoms with van der Waals surface area (Å²) in [6.07, 6.45) is 0.990. The van der Waals surface area contributed by atoms with Gasteiger partial charge in [-0.15, -0.1) is 0 Å². The summed E-state index contributed by atoms with van der Waals surface area (Å²) >= 11 is 0. The first kappa shape index (κ1) is 11.7. The molecule has 0 saturated heterocycles. The van der Waals surface area contributed by atoms with Crippen LogP contribution in [0.5, 0.6) is 0 Å². The first-order valence-corrected chi connectivity index (χ1v) is 5.24. The highest BCUT2D eigenvalue weighted by Crippen LogP contribution is 2.09. The molecule has 0 atom stereocenters. The Hall–Kier alpha value is -1.39. The van der Waals surface area contributed by atoms with Crippen molar-refractivity contribution in [1.29, 1.82) is 0 Å². The highest BCUT2D eigenvalue weighted by atomic mass is 16.5. The number of hydrogen-bond acceptors (Lipinski definition) is 5. The molecule has 0 bridgehead atoms. The van der Waals surface area contributed by atoms with Crippen LogP contribution in [0.15, 0.2) is 4.52 Å². The van der Waals surface area contributed by atoms with Gasteiger partial charge >= 0.3 is 0 Å². The third-order valence-corrected chi connectivity index (χ3v) is 2.19. The Morgan fingerprint density at radius 3 is 2.60 bits per heavy atom. The lowest BCUT2D eigenvalue weighted by atomic mass is 10.2. The summed E-state index contributed by atoms with van der Waals surface area (Å²) in [5.41, 5.74) is 0. The molecule has 0 aromatic carbocycles. The number of nitrogens with zero attached hydrogens (tertiary/aromatic N) is 3. The van der Waals surface area contributed by atoms with Crippen LogP contribution < -0.4 is 4.90 Å². The number of carbonyl (C=O) groups is 1. The Kier molecular flexibility index (Phi) is 4.27. The minimum Gasteiger partial charge on any atom is -0.339 e. The zero-order valence-corrected chi connectivity index (χ0v) is 9.49. The SMILES string of the molecule is CCN(CC)c1noc(CCC(C)=O)n1. The van der Waals surface area contributed by atoms with Gasteiger partial charge in [-0.05, 0) is 25.9 Å². The Morgan fingerprint density at radius 1 is 1.40 bits per heavy atom. The van der Waals surface area contributed by atoms with Crippen molar-refractivity contribution in [3.63, 3.8) is 0 Å². The first-order chi connectivity index (χ1) is 7.17. The maximum absolute atomic E-state index is 10.8. The van der Waals surface area contributed by atoms with Gasteiger partial charge in [-0.3, -0.25) is 0 Å². The lowest BCUT2D eigenvalue weighted by Gasteiger charge is -2.14. The van der Waals surface area contributed by atoms with Crippen LogP contribution in [0.3, 0.4) is 0 Å². The van der Waals surface area contributed by atoms with E-state index in [2.05, 4.69) is 10.1 Å². The van der Waals surface area contributed by atoms with Gasteiger partial charge in [-0.2, -0.15) is 4.98 Å². The van der Waals surface area contributed by atoms with Crippen LogP contribution in [0.1, 0.15) is 33.1 Å². The van der Waals surface area contributed by atoms with E-state index in [1.807, 2.05) is 18.7 Å². The Balaban J connectivity index is 2.59. The van der Waals surface area contributed by atoms with Crippen LogP contribution in [0.25, 0.3) is 0 Å². The van der Waals surface area contributed by atoms with Gasteiger partial charge in [0.1, 0.15) is 5.78 Å². The van der Waals surface area contributed by atoms with E-state index in [1.54, 1.807) is 6.92 Å². The van der Waals surface area contributed by atoms with Crippen molar-refractivity contribution in [3.05, 3.63) is 5.89 Å². The summed E-state index contributed by atoms with van der Waals surface area (Å²) in [5, 5.41) is 3.86. The number of aromatic nitrogens is 2. The standard InChI is InChI=1S/C10H17N3O2/c1-4-13(5-2)10-11-9(15-12-10)7-6-8(3)14/h4-7H2,1-3H3. The van der Waals surface area contributed by atoms with Crippen LogP contribution in [0.4, 0.5) is 5.95 Å². The fourth-order valence-electron chi connectivity index (χ4n) is 1.27. The second kappa shape index (κ2) is 5.48. The molecule has 15 heavy (non-hydrogen) atoms. The number of Topliss-reactive ketones (excluding diaryl/α,β-unsaturated/α-hetero) is 1. The van der Waals surface area contributed by atoms with Crippen molar-refractivity contribution >= 4 is 11.7 Å². The maximum atomic E-state index is 10.8. The van der Waals surface area contributed by atoms with Gasteiger partial charge in [0.25, 0.3) is 5.95 Å². The van der Waals surface area contributed by atoms with Crippen LogP contribution >= 0.6 is 0 Å². The molecule has 0 unspecified atom stereocenters. The van der Waals surface area contributed by atoms with Gasteiger partial charge in [0.15, 0.2) is 0 Å². The topological polar surface area (TPSA) is 59.2 Å². The zero-order valence-electron chi connectivity index (χ0n) is 9.49. The Labute approximate surface area is 89.5 Å². The van der Waals surface area contributed by atoms with Crippen molar-refractivity contribution in [3.8, 4) is 0 Å². The van der Waals surface area contributed by atoms with Gasteiger partial charge in [-0.25, -0.2) is 0 Å². The van der Waals surface area contributed by atoms with Gasteiger partial charge in [-0.1, -0.05) is 0 Å². The van der Waals surface area contributed by atoms with E-state index >= 15 is 0 Å². The molecule has 5 heteroatoms. The summed E-state index contributed by atoms with van der Waals surface area (Å²) in [5.74, 6) is 1.28. The molecule has 1 aromatic heterocycles. The predicted molar refractivity (Wildman–Crippen MR) is 56.9 cm³/mol. The quantitative estimate of drug-likeness (QED) is 0.712. The Morgan fingerprint density at radius 2 is 2.07 bits per heavy atom. The van der Waals surface area contributed by atoms with Crippen molar-refractivity contribution < 1.29 is 9.32 Å². The van der Waals surface area contributed by atoms with Crippen molar-refractivity contribution in [1.82, 2.24) is 10.1 Å².